The number of ether oxygens (including phenoxy) is 1. The number of hydrogen-bond donors (Lipinski definition) is 1. The highest BCUT2D eigenvalue weighted by molar-refractivity contribution is 6.29. The molecule has 4 nitrogen and oxygen atoms in total. The molecule has 0 aromatic heterocycles. The zero-order chi connectivity index (χ0) is 12.9. The Labute approximate surface area is 100 Å². The molecule has 16 heavy (non-hydrogen) atoms. The van der Waals surface area contributed by atoms with Crippen molar-refractivity contribution in [2.45, 2.75) is 39.2 Å². The summed E-state index contributed by atoms with van der Waals surface area (Å²) in [6, 6.07) is 0. The van der Waals surface area contributed by atoms with Crippen LogP contribution in [0.4, 0.5) is 0 Å². The van der Waals surface area contributed by atoms with E-state index in [1.165, 1.54) is 0 Å². The first-order chi connectivity index (χ1) is 7.11. The molecule has 0 aromatic carbocycles. The van der Waals surface area contributed by atoms with Crippen molar-refractivity contribution in [2.75, 3.05) is 0 Å². The number of carboxylic acid groups (broad SMARTS) is 1. The summed E-state index contributed by atoms with van der Waals surface area (Å²) in [6.07, 6.45) is -0.130. The topological polar surface area (TPSA) is 63.6 Å². The third-order valence-electron chi connectivity index (χ3n) is 1.65. The predicted octanol–water partition coefficient (Wildman–Crippen LogP) is 2.56. The highest BCUT2D eigenvalue weighted by Gasteiger charge is 2.25. The number of esters is 1. The summed E-state index contributed by atoms with van der Waals surface area (Å²) in [7, 11) is 0. The van der Waals surface area contributed by atoms with Crippen LogP contribution in [0.1, 0.15) is 33.6 Å². The number of carboxylic acids is 1. The van der Waals surface area contributed by atoms with Crippen LogP contribution in [0.5, 0.6) is 0 Å². The van der Waals surface area contributed by atoms with E-state index in [9.17, 15) is 9.59 Å². The molecule has 0 spiro atoms. The SMILES string of the molecule is C=C(Cl)CC(CC(=O)OC(C)(C)C)C(=O)O. The summed E-state index contributed by atoms with van der Waals surface area (Å²) in [5.41, 5.74) is -0.613. The zero-order valence-corrected chi connectivity index (χ0v) is 10.5. The van der Waals surface area contributed by atoms with E-state index in [0.29, 0.717) is 0 Å². The molecule has 0 bridgehead atoms. The van der Waals surface area contributed by atoms with E-state index in [1.807, 2.05) is 0 Å². The lowest BCUT2D eigenvalue weighted by Gasteiger charge is -2.20. The maximum Gasteiger partial charge on any atom is 0.307 e. The summed E-state index contributed by atoms with van der Waals surface area (Å²) in [6.45, 7) is 8.58. The molecule has 0 saturated heterocycles. The van der Waals surface area contributed by atoms with Crippen molar-refractivity contribution < 1.29 is 19.4 Å². The number of rotatable bonds is 5. The van der Waals surface area contributed by atoms with Gasteiger partial charge in [-0.2, -0.15) is 0 Å². The zero-order valence-electron chi connectivity index (χ0n) is 9.75. The molecule has 1 atom stereocenters. The van der Waals surface area contributed by atoms with E-state index in [2.05, 4.69) is 6.58 Å². The molecular formula is C11H17ClO4. The lowest BCUT2D eigenvalue weighted by molar-refractivity contribution is -0.159. The van der Waals surface area contributed by atoms with Crippen molar-refractivity contribution in [1.82, 2.24) is 0 Å². The minimum atomic E-state index is -1.08. The fourth-order valence-corrected chi connectivity index (χ4v) is 1.28. The smallest absolute Gasteiger partial charge is 0.307 e. The summed E-state index contributed by atoms with van der Waals surface area (Å²) in [4.78, 5) is 22.2. The van der Waals surface area contributed by atoms with E-state index in [1.54, 1.807) is 20.8 Å². The minimum absolute atomic E-state index is 0.0656. The van der Waals surface area contributed by atoms with Gasteiger partial charge in [-0.15, -0.1) is 0 Å². The third kappa shape index (κ3) is 7.29. The van der Waals surface area contributed by atoms with Crippen LogP contribution in [0, 0.1) is 5.92 Å². The first-order valence-electron chi connectivity index (χ1n) is 4.89. The van der Waals surface area contributed by atoms with E-state index < -0.39 is 23.5 Å². The van der Waals surface area contributed by atoms with Gasteiger partial charge in [0.1, 0.15) is 5.60 Å². The van der Waals surface area contributed by atoms with E-state index in [-0.39, 0.29) is 17.9 Å². The van der Waals surface area contributed by atoms with Crippen LogP contribution in [-0.2, 0) is 14.3 Å². The Hall–Kier alpha value is -1.03. The number of hydrogen-bond acceptors (Lipinski definition) is 3. The van der Waals surface area contributed by atoms with E-state index >= 15 is 0 Å². The quantitative estimate of drug-likeness (QED) is 0.760. The van der Waals surface area contributed by atoms with Crippen molar-refractivity contribution in [3.63, 3.8) is 0 Å². The Balaban J connectivity index is 4.35. The van der Waals surface area contributed by atoms with Crippen LogP contribution in [0.3, 0.4) is 0 Å². The fourth-order valence-electron chi connectivity index (χ4n) is 1.10. The third-order valence-corrected chi connectivity index (χ3v) is 1.80. The molecule has 5 heteroatoms. The summed E-state index contributed by atoms with van der Waals surface area (Å²) in [5.74, 6) is -2.50. The maximum atomic E-state index is 11.4. The fraction of sp³-hybridized carbons (Fsp3) is 0.636. The van der Waals surface area contributed by atoms with Gasteiger partial charge < -0.3 is 9.84 Å². The first-order valence-corrected chi connectivity index (χ1v) is 5.27. The van der Waals surface area contributed by atoms with Crippen LogP contribution < -0.4 is 0 Å². The largest absolute Gasteiger partial charge is 0.481 e. The number of halogens is 1. The Morgan fingerprint density at radius 2 is 1.88 bits per heavy atom. The van der Waals surface area contributed by atoms with Crippen molar-refractivity contribution in [2.24, 2.45) is 5.92 Å². The van der Waals surface area contributed by atoms with E-state index in [4.69, 9.17) is 21.4 Å². The Bertz CT molecular complexity index is 291. The number of carbonyl (C=O) groups is 2. The molecule has 0 amide bonds. The van der Waals surface area contributed by atoms with Gasteiger partial charge in [0.15, 0.2) is 0 Å². The summed E-state index contributed by atoms with van der Waals surface area (Å²) >= 11 is 5.52. The van der Waals surface area contributed by atoms with Crippen molar-refractivity contribution in [3.8, 4) is 0 Å². The van der Waals surface area contributed by atoms with Crippen LogP contribution in [0.25, 0.3) is 0 Å². The van der Waals surface area contributed by atoms with Crippen LogP contribution in [0.15, 0.2) is 11.6 Å². The molecule has 0 aliphatic rings. The average Bonchev–Trinajstić information content (AvgIpc) is 1.97. The molecule has 0 heterocycles. The Kier molecular flexibility index (Phi) is 5.51. The van der Waals surface area contributed by atoms with Gasteiger partial charge in [-0.05, 0) is 27.2 Å². The molecule has 0 aromatic rings. The van der Waals surface area contributed by atoms with Crippen molar-refractivity contribution in [3.05, 3.63) is 11.6 Å². The highest BCUT2D eigenvalue weighted by atomic mass is 35.5. The summed E-state index contributed by atoms with van der Waals surface area (Å²) in [5, 5.41) is 9.08. The van der Waals surface area contributed by atoms with Crippen molar-refractivity contribution >= 4 is 23.5 Å². The molecule has 1 unspecified atom stereocenters. The summed E-state index contributed by atoms with van der Waals surface area (Å²) < 4.78 is 5.02. The van der Waals surface area contributed by atoms with Crippen LogP contribution in [0.2, 0.25) is 0 Å². The molecule has 0 fully saturated rings. The monoisotopic (exact) mass is 248 g/mol. The number of aliphatic carboxylic acids is 1. The number of allylic oxidation sites excluding steroid dienone is 1. The highest BCUT2D eigenvalue weighted by Crippen LogP contribution is 2.19. The second-order valence-electron chi connectivity index (χ2n) is 4.55. The molecule has 0 saturated carbocycles. The van der Waals surface area contributed by atoms with Gasteiger partial charge in [-0.25, -0.2) is 0 Å². The molecule has 0 radical (unpaired) electrons. The van der Waals surface area contributed by atoms with Gasteiger partial charge in [-0.3, -0.25) is 9.59 Å². The van der Waals surface area contributed by atoms with Gasteiger partial charge >= 0.3 is 11.9 Å². The first kappa shape index (κ1) is 15.0. The average molecular weight is 249 g/mol. The van der Waals surface area contributed by atoms with Gasteiger partial charge in [0.25, 0.3) is 0 Å². The lowest BCUT2D eigenvalue weighted by atomic mass is 10.0. The van der Waals surface area contributed by atoms with Gasteiger partial charge in [0.2, 0.25) is 0 Å². The Morgan fingerprint density at radius 3 is 2.19 bits per heavy atom. The molecule has 0 aliphatic heterocycles. The molecule has 0 rings (SSSR count). The van der Waals surface area contributed by atoms with Gasteiger partial charge in [0.05, 0.1) is 12.3 Å². The van der Waals surface area contributed by atoms with Crippen molar-refractivity contribution in [1.29, 1.82) is 0 Å². The number of carbonyl (C=O) groups excluding carboxylic acids is 1. The second kappa shape index (κ2) is 5.89. The van der Waals surface area contributed by atoms with Crippen LogP contribution >= 0.6 is 11.6 Å². The standard InChI is InChI=1S/C11H17ClO4/c1-7(12)5-8(10(14)15)6-9(13)16-11(2,3)4/h8H,1,5-6H2,2-4H3,(H,14,15). The maximum absolute atomic E-state index is 11.4. The lowest BCUT2D eigenvalue weighted by Crippen LogP contribution is -2.27. The molecule has 92 valence electrons. The van der Waals surface area contributed by atoms with E-state index in [0.717, 1.165) is 0 Å². The predicted molar refractivity (Wildman–Crippen MR) is 61.2 cm³/mol. The molecule has 0 aliphatic carbocycles. The van der Waals surface area contributed by atoms with Gasteiger partial charge in [-0.1, -0.05) is 18.2 Å². The van der Waals surface area contributed by atoms with Crippen LogP contribution in [-0.4, -0.2) is 22.6 Å². The minimum Gasteiger partial charge on any atom is -0.481 e. The normalized spacial score (nSPS) is 13.0. The molecule has 1 N–H and O–H groups in total. The van der Waals surface area contributed by atoms with Gasteiger partial charge in [0, 0.05) is 5.03 Å². The second-order valence-corrected chi connectivity index (χ2v) is 5.08. The Morgan fingerprint density at radius 1 is 1.38 bits per heavy atom. The molecular weight excluding hydrogens is 232 g/mol.